The molecule has 0 bridgehead atoms. The standard InChI is InChI=1S/C11H25NO3Si/c1-6-16(7-2,8-3)15-10-9-11(13)12(4)14-5/h6-10H2,1-5H3. The van der Waals surface area contributed by atoms with Crippen LogP contribution in [0, 0.1) is 0 Å². The lowest BCUT2D eigenvalue weighted by Gasteiger charge is -2.28. The van der Waals surface area contributed by atoms with E-state index in [1.54, 1.807) is 7.05 Å². The van der Waals surface area contributed by atoms with Crippen LogP contribution in [-0.4, -0.2) is 40.1 Å². The van der Waals surface area contributed by atoms with E-state index in [-0.39, 0.29) is 5.91 Å². The van der Waals surface area contributed by atoms with Crippen LogP contribution in [0.1, 0.15) is 27.2 Å². The number of carbonyl (C=O) groups is 1. The molecule has 0 aliphatic carbocycles. The average Bonchev–Trinajstić information content (AvgIpc) is 2.34. The first-order valence-corrected chi connectivity index (χ1v) is 8.52. The van der Waals surface area contributed by atoms with Gasteiger partial charge in [0, 0.05) is 13.7 Å². The molecule has 0 saturated carbocycles. The Labute approximate surface area is 100.0 Å². The normalized spacial score (nSPS) is 11.6. The Morgan fingerprint density at radius 2 is 1.69 bits per heavy atom. The molecule has 0 aromatic carbocycles. The fourth-order valence-electron chi connectivity index (χ4n) is 1.67. The van der Waals surface area contributed by atoms with Crippen molar-refractivity contribution in [2.24, 2.45) is 0 Å². The first-order valence-electron chi connectivity index (χ1n) is 5.99. The molecule has 96 valence electrons. The number of hydrogen-bond acceptors (Lipinski definition) is 3. The zero-order chi connectivity index (χ0) is 12.6. The molecule has 0 aliphatic heterocycles. The lowest BCUT2D eigenvalue weighted by molar-refractivity contribution is -0.169. The van der Waals surface area contributed by atoms with Gasteiger partial charge in [0.2, 0.25) is 5.91 Å². The van der Waals surface area contributed by atoms with Crippen molar-refractivity contribution in [1.82, 2.24) is 5.06 Å². The van der Waals surface area contributed by atoms with Gasteiger partial charge in [-0.25, -0.2) is 5.06 Å². The van der Waals surface area contributed by atoms with Crippen LogP contribution in [0.4, 0.5) is 0 Å². The second kappa shape index (κ2) is 7.81. The minimum Gasteiger partial charge on any atom is -0.416 e. The average molecular weight is 247 g/mol. The van der Waals surface area contributed by atoms with Gasteiger partial charge in [0.05, 0.1) is 13.5 Å². The van der Waals surface area contributed by atoms with Gasteiger partial charge in [0.1, 0.15) is 0 Å². The van der Waals surface area contributed by atoms with Crippen LogP contribution in [0.5, 0.6) is 0 Å². The SMILES string of the molecule is CC[Si](CC)(CC)OCCC(=O)N(C)OC. The molecule has 16 heavy (non-hydrogen) atoms. The predicted molar refractivity (Wildman–Crippen MR) is 67.5 cm³/mol. The molecule has 0 unspecified atom stereocenters. The van der Waals surface area contributed by atoms with Gasteiger partial charge in [0.25, 0.3) is 0 Å². The second-order valence-electron chi connectivity index (χ2n) is 3.92. The third kappa shape index (κ3) is 4.63. The molecule has 0 fully saturated rings. The highest BCUT2D eigenvalue weighted by Gasteiger charge is 2.28. The molecular formula is C11H25NO3Si. The Bertz CT molecular complexity index is 199. The third-order valence-corrected chi connectivity index (χ3v) is 7.96. The zero-order valence-corrected chi connectivity index (χ0v) is 12.2. The summed E-state index contributed by atoms with van der Waals surface area (Å²) in [7, 11) is 1.56. The van der Waals surface area contributed by atoms with E-state index in [0.717, 1.165) is 18.1 Å². The van der Waals surface area contributed by atoms with Crippen LogP contribution < -0.4 is 0 Å². The summed E-state index contributed by atoms with van der Waals surface area (Å²) < 4.78 is 5.98. The van der Waals surface area contributed by atoms with E-state index in [9.17, 15) is 4.79 Å². The number of hydroxylamine groups is 2. The predicted octanol–water partition coefficient (Wildman–Crippen LogP) is 2.42. The smallest absolute Gasteiger partial charge is 0.248 e. The molecule has 0 N–H and O–H groups in total. The van der Waals surface area contributed by atoms with Crippen LogP contribution in [0.25, 0.3) is 0 Å². The first kappa shape index (κ1) is 15.6. The molecular weight excluding hydrogens is 222 g/mol. The van der Waals surface area contributed by atoms with Crippen LogP contribution in [0.3, 0.4) is 0 Å². The van der Waals surface area contributed by atoms with Crippen LogP contribution in [0.15, 0.2) is 0 Å². The van der Waals surface area contributed by atoms with Crippen LogP contribution in [0.2, 0.25) is 18.1 Å². The van der Waals surface area contributed by atoms with Crippen LogP contribution in [-0.2, 0) is 14.1 Å². The summed E-state index contributed by atoms with van der Waals surface area (Å²) >= 11 is 0. The molecule has 0 atom stereocenters. The summed E-state index contributed by atoms with van der Waals surface area (Å²) in [6, 6.07) is 3.36. The van der Waals surface area contributed by atoms with Gasteiger partial charge in [0.15, 0.2) is 8.32 Å². The highest BCUT2D eigenvalue weighted by Crippen LogP contribution is 2.21. The maximum Gasteiger partial charge on any atom is 0.248 e. The van der Waals surface area contributed by atoms with Crippen molar-refractivity contribution in [2.75, 3.05) is 20.8 Å². The van der Waals surface area contributed by atoms with Gasteiger partial charge in [-0.2, -0.15) is 0 Å². The quantitative estimate of drug-likeness (QED) is 0.488. The highest BCUT2D eigenvalue weighted by atomic mass is 28.4. The number of carbonyl (C=O) groups excluding carboxylic acids is 1. The fraction of sp³-hybridized carbons (Fsp3) is 0.909. The van der Waals surface area contributed by atoms with Crippen molar-refractivity contribution < 1.29 is 14.1 Å². The molecule has 0 rings (SSSR count). The van der Waals surface area contributed by atoms with Crippen LogP contribution >= 0.6 is 0 Å². The lowest BCUT2D eigenvalue weighted by atomic mass is 10.4. The van der Waals surface area contributed by atoms with Crippen molar-refractivity contribution in [3.05, 3.63) is 0 Å². The summed E-state index contributed by atoms with van der Waals surface area (Å²) in [5.74, 6) is -0.0336. The van der Waals surface area contributed by atoms with Gasteiger partial charge >= 0.3 is 0 Å². The van der Waals surface area contributed by atoms with E-state index in [1.807, 2.05) is 0 Å². The molecule has 0 radical (unpaired) electrons. The Kier molecular flexibility index (Phi) is 7.62. The maximum atomic E-state index is 11.5. The summed E-state index contributed by atoms with van der Waals surface area (Å²) in [4.78, 5) is 16.3. The lowest BCUT2D eigenvalue weighted by Crippen LogP contribution is -2.37. The topological polar surface area (TPSA) is 38.8 Å². The Morgan fingerprint density at radius 3 is 2.06 bits per heavy atom. The van der Waals surface area contributed by atoms with Crippen molar-refractivity contribution in [1.29, 1.82) is 0 Å². The van der Waals surface area contributed by atoms with E-state index in [2.05, 4.69) is 20.8 Å². The summed E-state index contributed by atoms with van der Waals surface area (Å²) in [5.41, 5.74) is 0. The Hall–Kier alpha value is -0.393. The van der Waals surface area contributed by atoms with E-state index < -0.39 is 8.32 Å². The van der Waals surface area contributed by atoms with E-state index >= 15 is 0 Å². The van der Waals surface area contributed by atoms with E-state index in [0.29, 0.717) is 13.0 Å². The zero-order valence-electron chi connectivity index (χ0n) is 11.2. The van der Waals surface area contributed by atoms with Gasteiger partial charge in [-0.15, -0.1) is 0 Å². The Balaban J connectivity index is 4.00. The monoisotopic (exact) mass is 247 g/mol. The maximum absolute atomic E-state index is 11.5. The molecule has 5 heteroatoms. The highest BCUT2D eigenvalue weighted by molar-refractivity contribution is 6.73. The molecule has 0 heterocycles. The number of hydrogen-bond donors (Lipinski definition) is 0. The summed E-state index contributed by atoms with van der Waals surface area (Å²) in [6.07, 6.45) is 0.402. The molecule has 0 aromatic heterocycles. The molecule has 0 aliphatic rings. The molecule has 1 amide bonds. The number of amides is 1. The largest absolute Gasteiger partial charge is 0.416 e. The minimum absolute atomic E-state index is 0.0336. The minimum atomic E-state index is -1.54. The van der Waals surface area contributed by atoms with E-state index in [1.165, 1.54) is 12.2 Å². The van der Waals surface area contributed by atoms with Crippen molar-refractivity contribution in [2.45, 2.75) is 45.3 Å². The van der Waals surface area contributed by atoms with Crippen molar-refractivity contribution >= 4 is 14.2 Å². The summed E-state index contributed by atoms with van der Waals surface area (Å²) in [6.45, 7) is 7.07. The van der Waals surface area contributed by atoms with Gasteiger partial charge in [-0.1, -0.05) is 20.8 Å². The second-order valence-corrected chi connectivity index (χ2v) is 8.69. The fourth-order valence-corrected chi connectivity index (χ4v) is 4.32. The van der Waals surface area contributed by atoms with Gasteiger partial charge in [-0.3, -0.25) is 9.63 Å². The number of nitrogens with zero attached hydrogens (tertiary/aromatic N) is 1. The van der Waals surface area contributed by atoms with Crippen molar-refractivity contribution in [3.63, 3.8) is 0 Å². The molecule has 4 nitrogen and oxygen atoms in total. The van der Waals surface area contributed by atoms with Gasteiger partial charge in [-0.05, 0) is 18.1 Å². The molecule has 0 aromatic rings. The van der Waals surface area contributed by atoms with Crippen molar-refractivity contribution in [3.8, 4) is 0 Å². The molecule has 0 saturated heterocycles. The molecule has 0 spiro atoms. The summed E-state index contributed by atoms with van der Waals surface area (Å²) in [5, 5.41) is 1.25. The number of rotatable bonds is 8. The van der Waals surface area contributed by atoms with Gasteiger partial charge < -0.3 is 4.43 Å². The Morgan fingerprint density at radius 1 is 1.19 bits per heavy atom. The first-order chi connectivity index (χ1) is 7.55. The third-order valence-electron chi connectivity index (χ3n) is 3.28. The van der Waals surface area contributed by atoms with E-state index in [4.69, 9.17) is 9.26 Å².